The third-order valence-electron chi connectivity index (χ3n) is 2.23. The second kappa shape index (κ2) is 5.60. The van der Waals surface area contributed by atoms with E-state index in [1.54, 1.807) is 0 Å². The molecule has 0 saturated heterocycles. The molecule has 3 nitrogen and oxygen atoms in total. The Bertz CT molecular complexity index is 206. The van der Waals surface area contributed by atoms with Crippen molar-refractivity contribution in [2.75, 3.05) is 11.5 Å². The lowest BCUT2D eigenvalue weighted by Gasteiger charge is -2.12. The van der Waals surface area contributed by atoms with Gasteiger partial charge in [0.25, 0.3) is 0 Å². The highest BCUT2D eigenvalue weighted by atomic mass is 32.2. The van der Waals surface area contributed by atoms with E-state index in [-0.39, 0.29) is 23.5 Å². The molecule has 4 heteroatoms. The molecule has 0 spiro atoms. The fourth-order valence-corrected chi connectivity index (χ4v) is 3.19. The Hall–Kier alpha value is -0.0900. The Morgan fingerprint density at radius 3 is 2.08 bits per heavy atom. The summed E-state index contributed by atoms with van der Waals surface area (Å²) >= 11 is 0. The van der Waals surface area contributed by atoms with Gasteiger partial charge in [-0.1, -0.05) is 27.2 Å². The van der Waals surface area contributed by atoms with Gasteiger partial charge in [-0.2, -0.15) is 0 Å². The first kappa shape index (κ1) is 12.9. The molecule has 0 fully saturated rings. The summed E-state index contributed by atoms with van der Waals surface area (Å²) < 4.78 is 23.0. The van der Waals surface area contributed by atoms with Crippen LogP contribution in [0.1, 0.15) is 33.6 Å². The Morgan fingerprint density at radius 1 is 1.15 bits per heavy atom. The van der Waals surface area contributed by atoms with E-state index >= 15 is 0 Å². The van der Waals surface area contributed by atoms with Crippen molar-refractivity contribution in [2.45, 2.75) is 39.7 Å². The van der Waals surface area contributed by atoms with Crippen molar-refractivity contribution in [1.82, 2.24) is 0 Å². The maximum Gasteiger partial charge on any atom is 0.152 e. The second-order valence-electron chi connectivity index (χ2n) is 3.76. The SMILES string of the molecule is CCC(C)CS(=O)(=O)CC(N)CC. The predicted molar refractivity (Wildman–Crippen MR) is 56.4 cm³/mol. The van der Waals surface area contributed by atoms with Gasteiger partial charge in [-0.3, -0.25) is 0 Å². The van der Waals surface area contributed by atoms with Crippen molar-refractivity contribution in [3.8, 4) is 0 Å². The molecule has 80 valence electrons. The minimum Gasteiger partial charge on any atom is -0.327 e. The number of hydrogen-bond donors (Lipinski definition) is 1. The predicted octanol–water partition coefficient (Wildman–Crippen LogP) is 1.18. The van der Waals surface area contributed by atoms with E-state index in [4.69, 9.17) is 5.73 Å². The van der Waals surface area contributed by atoms with E-state index in [0.29, 0.717) is 0 Å². The molecule has 2 atom stereocenters. The number of hydrogen-bond acceptors (Lipinski definition) is 3. The summed E-state index contributed by atoms with van der Waals surface area (Å²) in [5.74, 6) is 0.652. The normalized spacial score (nSPS) is 16.9. The van der Waals surface area contributed by atoms with Crippen LogP contribution in [0.25, 0.3) is 0 Å². The first-order valence-electron chi connectivity index (χ1n) is 4.87. The van der Waals surface area contributed by atoms with Crippen LogP contribution in [0.15, 0.2) is 0 Å². The van der Waals surface area contributed by atoms with Crippen LogP contribution in [0.2, 0.25) is 0 Å². The van der Waals surface area contributed by atoms with Gasteiger partial charge in [0.1, 0.15) is 0 Å². The summed E-state index contributed by atoms with van der Waals surface area (Å²) in [6, 6.07) is -0.200. The van der Waals surface area contributed by atoms with Gasteiger partial charge in [0.05, 0.1) is 11.5 Å². The minimum absolute atomic E-state index is 0.133. The zero-order valence-corrected chi connectivity index (χ0v) is 9.60. The maximum atomic E-state index is 11.5. The van der Waals surface area contributed by atoms with E-state index in [1.807, 2.05) is 20.8 Å². The van der Waals surface area contributed by atoms with Crippen molar-refractivity contribution >= 4 is 9.84 Å². The van der Waals surface area contributed by atoms with Gasteiger partial charge in [-0.25, -0.2) is 8.42 Å². The Kier molecular flexibility index (Phi) is 5.56. The van der Waals surface area contributed by atoms with Crippen molar-refractivity contribution in [3.05, 3.63) is 0 Å². The average molecular weight is 207 g/mol. The fraction of sp³-hybridized carbons (Fsp3) is 1.00. The van der Waals surface area contributed by atoms with E-state index in [2.05, 4.69) is 0 Å². The van der Waals surface area contributed by atoms with Crippen molar-refractivity contribution in [2.24, 2.45) is 11.7 Å². The van der Waals surface area contributed by atoms with Crippen LogP contribution in [0, 0.1) is 5.92 Å². The lowest BCUT2D eigenvalue weighted by Crippen LogP contribution is -2.31. The molecular weight excluding hydrogens is 186 g/mol. The molecule has 0 aromatic rings. The number of rotatable bonds is 6. The molecule has 13 heavy (non-hydrogen) atoms. The standard InChI is InChI=1S/C9H21NO2S/c1-4-8(3)6-13(11,12)7-9(10)5-2/h8-9H,4-7,10H2,1-3H3. The van der Waals surface area contributed by atoms with Crippen LogP contribution < -0.4 is 5.73 Å². The van der Waals surface area contributed by atoms with E-state index in [1.165, 1.54) is 0 Å². The highest BCUT2D eigenvalue weighted by molar-refractivity contribution is 7.91. The monoisotopic (exact) mass is 207 g/mol. The Labute approximate surface area is 81.6 Å². The second-order valence-corrected chi connectivity index (χ2v) is 5.91. The van der Waals surface area contributed by atoms with Gasteiger partial charge < -0.3 is 5.73 Å². The molecule has 0 bridgehead atoms. The molecule has 0 aromatic carbocycles. The molecule has 0 heterocycles. The Balaban J connectivity index is 4.09. The zero-order chi connectivity index (χ0) is 10.5. The maximum absolute atomic E-state index is 11.5. The van der Waals surface area contributed by atoms with Crippen LogP contribution in [-0.2, 0) is 9.84 Å². The van der Waals surface area contributed by atoms with Crippen LogP contribution in [0.5, 0.6) is 0 Å². The van der Waals surface area contributed by atoms with Gasteiger partial charge in [-0.15, -0.1) is 0 Å². The fourth-order valence-electron chi connectivity index (χ4n) is 1.06. The van der Waals surface area contributed by atoms with Gasteiger partial charge in [0.15, 0.2) is 9.84 Å². The molecule has 2 unspecified atom stereocenters. The van der Waals surface area contributed by atoms with Crippen molar-refractivity contribution in [3.63, 3.8) is 0 Å². The largest absolute Gasteiger partial charge is 0.327 e. The summed E-state index contributed by atoms with van der Waals surface area (Å²) in [6.07, 6.45) is 1.63. The zero-order valence-electron chi connectivity index (χ0n) is 8.79. The lowest BCUT2D eigenvalue weighted by molar-refractivity contribution is 0.556. The highest BCUT2D eigenvalue weighted by Gasteiger charge is 2.17. The molecule has 0 amide bonds. The molecule has 0 rings (SSSR count). The summed E-state index contributed by atoms with van der Waals surface area (Å²) in [5, 5.41) is 0. The molecule has 0 aliphatic carbocycles. The smallest absolute Gasteiger partial charge is 0.152 e. The summed E-state index contributed by atoms with van der Waals surface area (Å²) in [4.78, 5) is 0. The molecule has 0 radical (unpaired) electrons. The molecular formula is C9H21NO2S. The molecule has 0 saturated carbocycles. The summed E-state index contributed by atoms with van der Waals surface area (Å²) in [5.41, 5.74) is 5.60. The quantitative estimate of drug-likeness (QED) is 0.711. The van der Waals surface area contributed by atoms with Crippen LogP contribution in [-0.4, -0.2) is 26.0 Å². The van der Waals surface area contributed by atoms with Crippen LogP contribution in [0.3, 0.4) is 0 Å². The van der Waals surface area contributed by atoms with E-state index < -0.39 is 9.84 Å². The first-order chi connectivity index (χ1) is 5.91. The highest BCUT2D eigenvalue weighted by Crippen LogP contribution is 2.07. The summed E-state index contributed by atoms with van der Waals surface area (Å²) in [6.45, 7) is 5.86. The number of nitrogens with two attached hydrogens (primary N) is 1. The third-order valence-corrected chi connectivity index (χ3v) is 4.24. The average Bonchev–Trinajstić information content (AvgIpc) is 2.02. The molecule has 0 aromatic heterocycles. The number of sulfone groups is 1. The lowest BCUT2D eigenvalue weighted by atomic mass is 10.2. The molecule has 0 aliphatic rings. The topological polar surface area (TPSA) is 60.2 Å². The molecule has 2 N–H and O–H groups in total. The van der Waals surface area contributed by atoms with Crippen molar-refractivity contribution < 1.29 is 8.42 Å². The molecule has 0 aliphatic heterocycles. The van der Waals surface area contributed by atoms with Gasteiger partial charge in [0.2, 0.25) is 0 Å². The van der Waals surface area contributed by atoms with Crippen LogP contribution >= 0.6 is 0 Å². The third kappa shape index (κ3) is 6.05. The Morgan fingerprint density at radius 2 is 1.69 bits per heavy atom. The van der Waals surface area contributed by atoms with Crippen molar-refractivity contribution in [1.29, 1.82) is 0 Å². The van der Waals surface area contributed by atoms with Gasteiger partial charge >= 0.3 is 0 Å². The van der Waals surface area contributed by atoms with Crippen LogP contribution in [0.4, 0.5) is 0 Å². The first-order valence-corrected chi connectivity index (χ1v) is 6.69. The van der Waals surface area contributed by atoms with Gasteiger partial charge in [0, 0.05) is 6.04 Å². The van der Waals surface area contributed by atoms with Gasteiger partial charge in [-0.05, 0) is 12.3 Å². The minimum atomic E-state index is -2.93. The van der Waals surface area contributed by atoms with E-state index in [9.17, 15) is 8.42 Å². The summed E-state index contributed by atoms with van der Waals surface area (Å²) in [7, 11) is -2.93. The van der Waals surface area contributed by atoms with E-state index in [0.717, 1.165) is 12.8 Å².